The highest BCUT2D eigenvalue weighted by molar-refractivity contribution is 7.72. The molecular formula is C10H15F2N2O12P3S2. The van der Waals surface area contributed by atoms with Crippen molar-refractivity contribution in [3.63, 3.8) is 0 Å². The van der Waals surface area contributed by atoms with E-state index in [1.807, 2.05) is 0 Å². The molecule has 2 rings (SSSR count). The van der Waals surface area contributed by atoms with Crippen LogP contribution in [0.2, 0.25) is 0 Å². The first-order valence-corrected chi connectivity index (χ1v) is 13.0. The molecule has 6 unspecified atom stereocenters. The lowest BCUT2D eigenvalue weighted by atomic mass is 9.98. The van der Waals surface area contributed by atoms with Gasteiger partial charge >= 0.3 is 23.5 Å². The Morgan fingerprint density at radius 3 is 2.35 bits per heavy atom. The lowest BCUT2D eigenvalue weighted by molar-refractivity contribution is -0.0598. The minimum Gasteiger partial charge on any atom is -0.387 e. The molecule has 0 saturated carbocycles. The van der Waals surface area contributed by atoms with E-state index in [0.717, 1.165) is 11.5 Å². The minimum atomic E-state index is -5.77. The minimum absolute atomic E-state index is 0.277. The first kappa shape index (κ1) is 27.0. The first-order chi connectivity index (χ1) is 13.8. The summed E-state index contributed by atoms with van der Waals surface area (Å²) in [6.45, 7) is -0.270. The number of alkyl halides is 1. The lowest BCUT2D eigenvalue weighted by Crippen LogP contribution is -2.41. The van der Waals surface area contributed by atoms with Crippen molar-refractivity contribution in [1.82, 2.24) is 9.55 Å². The van der Waals surface area contributed by atoms with Crippen LogP contribution < -0.4 is 0 Å². The van der Waals surface area contributed by atoms with Crippen LogP contribution in [0.4, 0.5) is 8.78 Å². The number of aliphatic hydroxyl groups is 1. The third-order valence-corrected chi connectivity index (χ3v) is 8.12. The normalized spacial score (nSPS) is 30.6. The number of H-pyrrole nitrogens is 1. The van der Waals surface area contributed by atoms with E-state index in [9.17, 15) is 28.1 Å². The van der Waals surface area contributed by atoms with Gasteiger partial charge in [-0.15, -0.1) is 0 Å². The molecule has 14 nitrogen and oxygen atoms in total. The quantitative estimate of drug-likeness (QED) is 0.201. The highest BCUT2D eigenvalue weighted by Gasteiger charge is 2.55. The topological polar surface area (TPSA) is 210 Å². The molecule has 0 aromatic carbocycles. The van der Waals surface area contributed by atoms with Crippen LogP contribution in [0.5, 0.6) is 0 Å². The zero-order valence-corrected chi connectivity index (χ0v) is 19.3. The highest BCUT2D eigenvalue weighted by Crippen LogP contribution is 2.66. The Bertz CT molecular complexity index is 1100. The standard InChI is InChI=1S/C10H15F2N2O12P3S2/c1-10(12)6(15)5(24-8(10)14-2-4(11)7(30)13-9(14)31)3-23-28(19,20)26-29(21,22)25-27(16,17)18/h2,5-6,8,15H,3H2,1H3,(H,19,20)(H,21,22)(H,13,30,31)(H2,16,17,18). The SMILES string of the molecule is CC1(F)C(O)C(COP(=O)(O)OP(=O)(O)OP(=O)(O)O)OC1n1cc(F)c(=S)[nH]c1=S. The van der Waals surface area contributed by atoms with E-state index in [4.69, 9.17) is 31.6 Å². The number of hydrogen-bond donors (Lipinski definition) is 6. The molecule has 0 spiro atoms. The van der Waals surface area contributed by atoms with Crippen molar-refractivity contribution in [3.8, 4) is 0 Å². The summed E-state index contributed by atoms with van der Waals surface area (Å²) in [4.78, 5) is 37.7. The van der Waals surface area contributed by atoms with Gasteiger partial charge in [-0.2, -0.15) is 8.62 Å². The summed E-state index contributed by atoms with van der Waals surface area (Å²) in [7, 11) is -16.9. The lowest BCUT2D eigenvalue weighted by Gasteiger charge is -2.25. The molecule has 1 aliphatic heterocycles. The van der Waals surface area contributed by atoms with Crippen LogP contribution in [0.3, 0.4) is 0 Å². The fraction of sp³-hybridized carbons (Fsp3) is 0.600. The predicted molar refractivity (Wildman–Crippen MR) is 99.7 cm³/mol. The third-order valence-electron chi connectivity index (χ3n) is 3.71. The van der Waals surface area contributed by atoms with E-state index in [1.54, 1.807) is 0 Å². The van der Waals surface area contributed by atoms with Gasteiger partial charge in [0.2, 0.25) is 0 Å². The summed E-state index contributed by atoms with van der Waals surface area (Å²) in [5.74, 6) is -0.991. The van der Waals surface area contributed by atoms with Crippen LogP contribution in [0.1, 0.15) is 13.2 Å². The van der Waals surface area contributed by atoms with Crippen molar-refractivity contribution in [2.75, 3.05) is 6.61 Å². The summed E-state index contributed by atoms with van der Waals surface area (Å²) in [6.07, 6.45) is -4.80. The Morgan fingerprint density at radius 2 is 1.81 bits per heavy atom. The fourth-order valence-corrected chi connectivity index (χ4v) is 5.95. The molecule has 1 aromatic heterocycles. The molecule has 6 atom stereocenters. The largest absolute Gasteiger partial charge is 0.490 e. The molecule has 0 aliphatic carbocycles. The smallest absolute Gasteiger partial charge is 0.387 e. The molecule has 0 bridgehead atoms. The average Bonchev–Trinajstić information content (AvgIpc) is 2.76. The van der Waals surface area contributed by atoms with Crippen LogP contribution in [-0.4, -0.2) is 58.7 Å². The predicted octanol–water partition coefficient (Wildman–Crippen LogP) is 1.74. The van der Waals surface area contributed by atoms with Crippen molar-refractivity contribution < 1.29 is 65.0 Å². The summed E-state index contributed by atoms with van der Waals surface area (Å²) in [6, 6.07) is 0. The van der Waals surface area contributed by atoms with Gasteiger partial charge in [0.05, 0.1) is 6.61 Å². The zero-order chi connectivity index (χ0) is 24.0. The Morgan fingerprint density at radius 1 is 1.23 bits per heavy atom. The first-order valence-electron chi connectivity index (χ1n) is 7.66. The summed E-state index contributed by atoms with van der Waals surface area (Å²) >= 11 is 9.56. The number of aromatic nitrogens is 2. The van der Waals surface area contributed by atoms with E-state index >= 15 is 4.39 Å². The fourth-order valence-electron chi connectivity index (χ4n) is 2.46. The van der Waals surface area contributed by atoms with Gasteiger partial charge < -0.3 is 34.4 Å². The second-order valence-electron chi connectivity index (χ2n) is 6.15. The number of hydrogen-bond acceptors (Lipinski definition) is 10. The molecule has 1 aliphatic rings. The summed E-state index contributed by atoms with van der Waals surface area (Å²) < 4.78 is 79.2. The average molecular weight is 550 g/mol. The Hall–Kier alpha value is -0.290. The molecule has 0 amide bonds. The number of halogens is 2. The molecule has 31 heavy (non-hydrogen) atoms. The van der Waals surface area contributed by atoms with E-state index in [-0.39, 0.29) is 9.41 Å². The number of aromatic amines is 1. The van der Waals surface area contributed by atoms with Gasteiger partial charge in [-0.05, 0) is 19.1 Å². The number of phosphoric ester groups is 1. The van der Waals surface area contributed by atoms with E-state index < -0.39 is 60.0 Å². The van der Waals surface area contributed by atoms with Gasteiger partial charge in [0.1, 0.15) is 16.8 Å². The molecule has 21 heteroatoms. The number of phosphoric acid groups is 3. The Labute approximate surface area is 181 Å². The number of nitrogens with zero attached hydrogens (tertiary/aromatic N) is 1. The molecule has 1 saturated heterocycles. The molecule has 0 radical (unpaired) electrons. The van der Waals surface area contributed by atoms with Crippen molar-refractivity contribution in [2.45, 2.75) is 31.0 Å². The molecular weight excluding hydrogens is 535 g/mol. The number of aliphatic hydroxyl groups excluding tert-OH is 1. The van der Waals surface area contributed by atoms with Gasteiger partial charge in [-0.1, -0.05) is 12.2 Å². The Kier molecular flexibility index (Phi) is 7.96. The molecule has 1 aromatic rings. The van der Waals surface area contributed by atoms with E-state index in [1.165, 1.54) is 0 Å². The van der Waals surface area contributed by atoms with Gasteiger partial charge in [-0.3, -0.25) is 9.09 Å². The summed E-state index contributed by atoms with van der Waals surface area (Å²) in [5, 5.41) is 10.1. The highest BCUT2D eigenvalue weighted by atomic mass is 32.1. The van der Waals surface area contributed by atoms with Crippen LogP contribution >= 0.6 is 47.9 Å². The van der Waals surface area contributed by atoms with Crippen LogP contribution in [-0.2, 0) is 31.6 Å². The van der Waals surface area contributed by atoms with Crippen molar-refractivity contribution in [3.05, 3.63) is 21.4 Å². The monoisotopic (exact) mass is 550 g/mol. The van der Waals surface area contributed by atoms with Crippen LogP contribution in [0.25, 0.3) is 0 Å². The van der Waals surface area contributed by atoms with E-state index in [0.29, 0.717) is 6.20 Å². The van der Waals surface area contributed by atoms with Crippen molar-refractivity contribution >= 4 is 47.9 Å². The third kappa shape index (κ3) is 6.85. The van der Waals surface area contributed by atoms with Gasteiger partial charge in [0, 0.05) is 6.20 Å². The molecule has 2 heterocycles. The maximum Gasteiger partial charge on any atom is 0.490 e. The van der Waals surface area contributed by atoms with Crippen LogP contribution in [0.15, 0.2) is 6.20 Å². The van der Waals surface area contributed by atoms with Gasteiger partial charge in [0.25, 0.3) is 0 Å². The number of nitrogens with one attached hydrogen (secondary N) is 1. The number of rotatable bonds is 8. The molecule has 178 valence electrons. The maximum atomic E-state index is 15.1. The van der Waals surface area contributed by atoms with Gasteiger partial charge in [0.15, 0.2) is 22.5 Å². The van der Waals surface area contributed by atoms with Crippen LogP contribution in [0, 0.1) is 15.2 Å². The van der Waals surface area contributed by atoms with E-state index in [2.05, 4.69) is 30.3 Å². The number of ether oxygens (including phenoxy) is 1. The van der Waals surface area contributed by atoms with Crippen molar-refractivity contribution in [2.24, 2.45) is 0 Å². The van der Waals surface area contributed by atoms with Crippen molar-refractivity contribution in [1.29, 1.82) is 0 Å². The second kappa shape index (κ2) is 9.16. The summed E-state index contributed by atoms with van der Waals surface area (Å²) in [5.41, 5.74) is -2.65. The zero-order valence-electron chi connectivity index (χ0n) is 15.0. The maximum absolute atomic E-state index is 15.1. The molecule has 6 N–H and O–H groups in total. The Balaban J connectivity index is 2.17. The van der Waals surface area contributed by atoms with Gasteiger partial charge in [-0.25, -0.2) is 22.5 Å². The second-order valence-corrected chi connectivity index (χ2v) is 11.4. The molecule has 1 fully saturated rings.